The molecule has 2 N–H and O–H groups in total. The summed E-state index contributed by atoms with van der Waals surface area (Å²) >= 11 is 0. The Kier molecular flexibility index (Phi) is 4.61. The molecule has 1 saturated carbocycles. The SMILES string of the molecule is CCN(CC)c1ccc(/C=N/NC(=O)C2CC2)c(O)c1. The van der Waals surface area contributed by atoms with Gasteiger partial charge >= 0.3 is 0 Å². The average molecular weight is 275 g/mol. The fraction of sp³-hybridized carbons (Fsp3) is 0.467. The number of nitrogens with one attached hydrogen (secondary N) is 1. The molecule has 0 spiro atoms. The minimum Gasteiger partial charge on any atom is -0.507 e. The summed E-state index contributed by atoms with van der Waals surface area (Å²) in [5.41, 5.74) is 4.06. The molecule has 108 valence electrons. The number of rotatable bonds is 6. The van der Waals surface area contributed by atoms with E-state index in [9.17, 15) is 9.90 Å². The Hall–Kier alpha value is -2.04. The fourth-order valence-electron chi connectivity index (χ4n) is 2.03. The number of phenols is 1. The largest absolute Gasteiger partial charge is 0.507 e. The van der Waals surface area contributed by atoms with Gasteiger partial charge in [-0.05, 0) is 38.8 Å². The second-order valence-corrected chi connectivity index (χ2v) is 4.92. The van der Waals surface area contributed by atoms with Crippen LogP contribution in [-0.2, 0) is 4.79 Å². The zero-order valence-electron chi connectivity index (χ0n) is 12.0. The third-order valence-electron chi connectivity index (χ3n) is 3.47. The van der Waals surface area contributed by atoms with Crippen molar-refractivity contribution in [1.82, 2.24) is 5.43 Å². The molecule has 1 aliphatic carbocycles. The van der Waals surface area contributed by atoms with Crippen LogP contribution < -0.4 is 10.3 Å². The smallest absolute Gasteiger partial charge is 0.243 e. The highest BCUT2D eigenvalue weighted by atomic mass is 16.3. The van der Waals surface area contributed by atoms with Crippen molar-refractivity contribution in [3.05, 3.63) is 23.8 Å². The van der Waals surface area contributed by atoms with Gasteiger partial charge in [0, 0.05) is 36.3 Å². The van der Waals surface area contributed by atoms with E-state index >= 15 is 0 Å². The van der Waals surface area contributed by atoms with Crippen LogP contribution in [0.1, 0.15) is 32.3 Å². The van der Waals surface area contributed by atoms with E-state index < -0.39 is 0 Å². The van der Waals surface area contributed by atoms with Gasteiger partial charge in [0.25, 0.3) is 0 Å². The molecule has 0 atom stereocenters. The second-order valence-electron chi connectivity index (χ2n) is 4.92. The first-order chi connectivity index (χ1) is 9.65. The highest BCUT2D eigenvalue weighted by Gasteiger charge is 2.29. The van der Waals surface area contributed by atoms with E-state index in [1.165, 1.54) is 6.21 Å². The Morgan fingerprint density at radius 1 is 1.45 bits per heavy atom. The molecule has 0 aliphatic heterocycles. The third kappa shape index (κ3) is 3.50. The Balaban J connectivity index is 2.01. The maximum absolute atomic E-state index is 11.4. The van der Waals surface area contributed by atoms with Gasteiger partial charge in [0.05, 0.1) is 6.21 Å². The minimum absolute atomic E-state index is 0.0412. The van der Waals surface area contributed by atoms with Gasteiger partial charge in [-0.3, -0.25) is 4.79 Å². The topological polar surface area (TPSA) is 64.9 Å². The molecule has 1 aromatic carbocycles. The molecule has 1 aliphatic rings. The van der Waals surface area contributed by atoms with Gasteiger partial charge in [0.15, 0.2) is 0 Å². The number of anilines is 1. The molecule has 0 saturated heterocycles. The number of nitrogens with zero attached hydrogens (tertiary/aromatic N) is 2. The lowest BCUT2D eigenvalue weighted by atomic mass is 10.2. The lowest BCUT2D eigenvalue weighted by molar-refractivity contribution is -0.122. The van der Waals surface area contributed by atoms with Crippen LogP contribution in [0, 0.1) is 5.92 Å². The van der Waals surface area contributed by atoms with Crippen molar-refractivity contribution < 1.29 is 9.90 Å². The second kappa shape index (κ2) is 6.41. The van der Waals surface area contributed by atoms with Crippen LogP contribution in [0.3, 0.4) is 0 Å². The first kappa shape index (κ1) is 14.4. The number of amides is 1. The lowest BCUT2D eigenvalue weighted by Gasteiger charge is -2.21. The molecule has 1 aromatic rings. The van der Waals surface area contributed by atoms with Crippen molar-refractivity contribution in [2.45, 2.75) is 26.7 Å². The Labute approximate surface area is 119 Å². The molecule has 1 fully saturated rings. The third-order valence-corrected chi connectivity index (χ3v) is 3.47. The molecular formula is C15H21N3O2. The number of aromatic hydroxyl groups is 1. The molecule has 0 aromatic heterocycles. The van der Waals surface area contributed by atoms with Gasteiger partial charge in [0.2, 0.25) is 5.91 Å². The van der Waals surface area contributed by atoms with Crippen LogP contribution in [0.25, 0.3) is 0 Å². The minimum atomic E-state index is -0.0412. The summed E-state index contributed by atoms with van der Waals surface area (Å²) < 4.78 is 0. The van der Waals surface area contributed by atoms with E-state index in [4.69, 9.17) is 0 Å². The van der Waals surface area contributed by atoms with Gasteiger partial charge < -0.3 is 10.0 Å². The number of carbonyl (C=O) groups excluding carboxylic acids is 1. The molecule has 0 unspecified atom stereocenters. The molecule has 20 heavy (non-hydrogen) atoms. The van der Waals surface area contributed by atoms with E-state index in [2.05, 4.69) is 29.3 Å². The van der Waals surface area contributed by atoms with Gasteiger partial charge in [-0.1, -0.05) is 0 Å². The first-order valence-corrected chi connectivity index (χ1v) is 7.06. The molecular weight excluding hydrogens is 254 g/mol. The number of benzene rings is 1. The first-order valence-electron chi connectivity index (χ1n) is 7.06. The standard InChI is InChI=1S/C15H21N3O2/c1-3-18(4-2)13-8-7-12(14(19)9-13)10-16-17-15(20)11-5-6-11/h7-11,19H,3-6H2,1-2H3,(H,17,20)/b16-10+. The van der Waals surface area contributed by atoms with Crippen molar-refractivity contribution >= 4 is 17.8 Å². The fourth-order valence-corrected chi connectivity index (χ4v) is 2.03. The summed E-state index contributed by atoms with van der Waals surface area (Å²) in [5.74, 6) is 0.255. The quantitative estimate of drug-likeness (QED) is 0.617. The molecule has 2 rings (SSSR count). The maximum Gasteiger partial charge on any atom is 0.243 e. The number of carbonyl (C=O) groups is 1. The summed E-state index contributed by atoms with van der Waals surface area (Å²) in [6, 6.07) is 5.46. The van der Waals surface area contributed by atoms with Crippen molar-refractivity contribution in [3.63, 3.8) is 0 Å². The lowest BCUT2D eigenvalue weighted by Crippen LogP contribution is -2.21. The van der Waals surface area contributed by atoms with E-state index in [1.54, 1.807) is 12.1 Å². The zero-order chi connectivity index (χ0) is 14.5. The van der Waals surface area contributed by atoms with E-state index in [1.807, 2.05) is 6.07 Å². The van der Waals surface area contributed by atoms with Gasteiger partial charge in [0.1, 0.15) is 5.75 Å². The van der Waals surface area contributed by atoms with Gasteiger partial charge in [-0.25, -0.2) is 5.43 Å². The van der Waals surface area contributed by atoms with Crippen LogP contribution in [0.2, 0.25) is 0 Å². The predicted molar refractivity (Wildman–Crippen MR) is 80.1 cm³/mol. The summed E-state index contributed by atoms with van der Waals surface area (Å²) in [4.78, 5) is 13.6. The zero-order valence-corrected chi connectivity index (χ0v) is 12.0. The van der Waals surface area contributed by atoms with Crippen molar-refractivity contribution in [3.8, 4) is 5.75 Å². The molecule has 5 heteroatoms. The number of hydrogen-bond donors (Lipinski definition) is 2. The summed E-state index contributed by atoms with van der Waals surface area (Å²) in [6.07, 6.45) is 3.37. The van der Waals surface area contributed by atoms with Crippen LogP contribution in [0.15, 0.2) is 23.3 Å². The highest BCUT2D eigenvalue weighted by molar-refractivity contribution is 5.86. The monoisotopic (exact) mass is 275 g/mol. The average Bonchev–Trinajstić information content (AvgIpc) is 3.27. The van der Waals surface area contributed by atoms with Crippen LogP contribution >= 0.6 is 0 Å². The number of phenolic OH excluding ortho intramolecular Hbond substituents is 1. The molecule has 0 bridgehead atoms. The van der Waals surface area contributed by atoms with Crippen molar-refractivity contribution in [1.29, 1.82) is 0 Å². The van der Waals surface area contributed by atoms with Crippen LogP contribution in [-0.4, -0.2) is 30.3 Å². The Bertz CT molecular complexity index is 506. The number of hydrogen-bond acceptors (Lipinski definition) is 4. The highest BCUT2D eigenvalue weighted by Crippen LogP contribution is 2.28. The van der Waals surface area contributed by atoms with Crippen LogP contribution in [0.5, 0.6) is 5.75 Å². The molecule has 1 amide bonds. The summed E-state index contributed by atoms with van der Waals surface area (Å²) in [7, 11) is 0. The van der Waals surface area contributed by atoms with Gasteiger partial charge in [-0.2, -0.15) is 5.10 Å². The predicted octanol–water partition coefficient (Wildman–Crippen LogP) is 2.10. The van der Waals surface area contributed by atoms with Crippen molar-refractivity contribution in [2.75, 3.05) is 18.0 Å². The summed E-state index contributed by atoms with van der Waals surface area (Å²) in [6.45, 7) is 5.92. The van der Waals surface area contributed by atoms with Gasteiger partial charge in [-0.15, -0.1) is 0 Å². The molecule has 0 radical (unpaired) electrons. The van der Waals surface area contributed by atoms with E-state index in [0.29, 0.717) is 5.56 Å². The Morgan fingerprint density at radius 2 is 2.15 bits per heavy atom. The van der Waals surface area contributed by atoms with Crippen molar-refractivity contribution in [2.24, 2.45) is 11.0 Å². The van der Waals surface area contributed by atoms with Crippen LogP contribution in [0.4, 0.5) is 5.69 Å². The van der Waals surface area contributed by atoms with E-state index in [0.717, 1.165) is 31.6 Å². The summed E-state index contributed by atoms with van der Waals surface area (Å²) in [5, 5.41) is 13.9. The maximum atomic E-state index is 11.4. The number of hydrazone groups is 1. The molecule has 5 nitrogen and oxygen atoms in total. The van der Waals surface area contributed by atoms with E-state index in [-0.39, 0.29) is 17.6 Å². The normalized spacial score (nSPS) is 14.5. The Morgan fingerprint density at radius 3 is 2.70 bits per heavy atom. The molecule has 0 heterocycles.